The molecule has 0 radical (unpaired) electrons. The van der Waals surface area contributed by atoms with E-state index in [1.54, 1.807) is 6.07 Å². The van der Waals surface area contributed by atoms with E-state index < -0.39 is 18.5 Å². The zero-order valence-corrected chi connectivity index (χ0v) is 16.8. The summed E-state index contributed by atoms with van der Waals surface area (Å²) in [5.74, 6) is -1.36. The molecule has 0 saturated carbocycles. The van der Waals surface area contributed by atoms with Gasteiger partial charge in [-0.3, -0.25) is 4.79 Å². The van der Waals surface area contributed by atoms with E-state index in [1.165, 1.54) is 30.5 Å². The molecule has 0 atom stereocenters. The summed E-state index contributed by atoms with van der Waals surface area (Å²) in [5.41, 5.74) is 3.21. The Morgan fingerprint density at radius 1 is 1.23 bits per heavy atom. The van der Waals surface area contributed by atoms with Crippen LogP contribution in [0.15, 0.2) is 44.4 Å². The molecule has 0 saturated heterocycles. The van der Waals surface area contributed by atoms with Gasteiger partial charge in [0.2, 0.25) is 0 Å². The number of carbonyl (C=O) groups is 2. The second-order valence-corrected chi connectivity index (χ2v) is 6.98. The average Bonchev–Trinajstić information content (AvgIpc) is 2.58. The molecule has 26 heavy (non-hydrogen) atoms. The van der Waals surface area contributed by atoms with Crippen LogP contribution in [0.25, 0.3) is 0 Å². The summed E-state index contributed by atoms with van der Waals surface area (Å²) in [7, 11) is 0. The van der Waals surface area contributed by atoms with Crippen LogP contribution in [0.5, 0.6) is 11.5 Å². The predicted octanol–water partition coefficient (Wildman–Crippen LogP) is 3.80. The lowest BCUT2D eigenvalue weighted by molar-refractivity contribution is -0.139. The molecule has 0 fully saturated rings. The minimum Gasteiger partial charge on any atom is -0.506 e. The summed E-state index contributed by atoms with van der Waals surface area (Å²) in [6.45, 7) is -0.499. The van der Waals surface area contributed by atoms with Gasteiger partial charge in [-0.05, 0) is 67.8 Å². The number of aromatic hydroxyl groups is 1. The highest BCUT2D eigenvalue weighted by Gasteiger charge is 2.11. The number of carboxylic acids is 1. The minimum atomic E-state index is -1.11. The van der Waals surface area contributed by atoms with Gasteiger partial charge in [-0.1, -0.05) is 11.6 Å². The van der Waals surface area contributed by atoms with Crippen LogP contribution >= 0.6 is 43.5 Å². The van der Waals surface area contributed by atoms with E-state index in [9.17, 15) is 14.7 Å². The number of aliphatic carboxylic acids is 1. The Labute approximate surface area is 169 Å². The van der Waals surface area contributed by atoms with Crippen LogP contribution in [0.1, 0.15) is 15.9 Å². The molecule has 0 bridgehead atoms. The molecule has 10 heteroatoms. The Kier molecular flexibility index (Phi) is 7.01. The maximum Gasteiger partial charge on any atom is 0.341 e. The van der Waals surface area contributed by atoms with Crippen molar-refractivity contribution in [2.24, 2.45) is 5.10 Å². The Morgan fingerprint density at radius 2 is 1.88 bits per heavy atom. The molecular formula is C16H11Br2ClN2O5. The van der Waals surface area contributed by atoms with Gasteiger partial charge in [-0.15, -0.1) is 0 Å². The molecule has 0 aliphatic heterocycles. The minimum absolute atomic E-state index is 0.00935. The zero-order valence-electron chi connectivity index (χ0n) is 12.9. The first-order valence-electron chi connectivity index (χ1n) is 6.93. The summed E-state index contributed by atoms with van der Waals surface area (Å²) >= 11 is 12.3. The topological polar surface area (TPSA) is 108 Å². The number of phenolic OH excluding ortho intramolecular Hbond substituents is 1. The van der Waals surface area contributed by atoms with E-state index >= 15 is 0 Å². The van der Waals surface area contributed by atoms with Gasteiger partial charge in [-0.2, -0.15) is 5.10 Å². The Hall–Kier alpha value is -2.10. The third-order valence-corrected chi connectivity index (χ3v) is 4.47. The van der Waals surface area contributed by atoms with Gasteiger partial charge in [0, 0.05) is 5.56 Å². The zero-order chi connectivity index (χ0) is 19.3. The number of ether oxygens (including phenoxy) is 1. The molecule has 2 rings (SSSR count). The molecule has 2 aromatic rings. The van der Waals surface area contributed by atoms with E-state index in [0.29, 0.717) is 14.5 Å². The highest BCUT2D eigenvalue weighted by molar-refractivity contribution is 9.11. The summed E-state index contributed by atoms with van der Waals surface area (Å²) in [6.07, 6.45) is 1.37. The standard InChI is InChI=1S/C16H11Br2ClN2O5/c17-10-4-9(5-11(18)15(10)24)16(25)21-20-6-8-1-2-13(12(19)3-8)26-7-14(22)23/h1-6,24H,7H2,(H,21,25)(H,22,23)/b20-6-. The Balaban J connectivity index is 2.03. The van der Waals surface area contributed by atoms with Gasteiger partial charge in [0.25, 0.3) is 5.91 Å². The van der Waals surface area contributed by atoms with Gasteiger partial charge >= 0.3 is 5.97 Å². The number of hydrogen-bond acceptors (Lipinski definition) is 5. The first-order valence-corrected chi connectivity index (χ1v) is 8.90. The molecule has 0 aliphatic carbocycles. The predicted molar refractivity (Wildman–Crippen MR) is 103 cm³/mol. The van der Waals surface area contributed by atoms with E-state index in [1.807, 2.05) is 0 Å². The average molecular weight is 507 g/mol. The smallest absolute Gasteiger partial charge is 0.341 e. The van der Waals surface area contributed by atoms with Crippen molar-refractivity contribution < 1.29 is 24.5 Å². The van der Waals surface area contributed by atoms with Crippen molar-refractivity contribution in [1.82, 2.24) is 5.43 Å². The summed E-state index contributed by atoms with van der Waals surface area (Å²) in [6, 6.07) is 7.53. The van der Waals surface area contributed by atoms with Gasteiger partial charge in [-0.25, -0.2) is 10.2 Å². The number of rotatable bonds is 6. The quantitative estimate of drug-likeness (QED) is 0.408. The third-order valence-electron chi connectivity index (χ3n) is 2.97. The first-order chi connectivity index (χ1) is 12.3. The lowest BCUT2D eigenvalue weighted by Gasteiger charge is -2.06. The van der Waals surface area contributed by atoms with Crippen LogP contribution in [0.3, 0.4) is 0 Å². The summed E-state index contributed by atoms with van der Waals surface area (Å²) < 4.78 is 5.74. The van der Waals surface area contributed by atoms with Crippen molar-refractivity contribution in [3.8, 4) is 11.5 Å². The van der Waals surface area contributed by atoms with Crippen molar-refractivity contribution in [3.05, 3.63) is 55.4 Å². The molecule has 2 aromatic carbocycles. The lowest BCUT2D eigenvalue weighted by Crippen LogP contribution is -2.17. The maximum atomic E-state index is 12.1. The highest BCUT2D eigenvalue weighted by atomic mass is 79.9. The number of benzene rings is 2. The van der Waals surface area contributed by atoms with E-state index in [4.69, 9.17) is 21.4 Å². The number of hydrogen-bond donors (Lipinski definition) is 3. The molecule has 1 amide bonds. The molecule has 7 nitrogen and oxygen atoms in total. The summed E-state index contributed by atoms with van der Waals surface area (Å²) in [4.78, 5) is 22.6. The van der Waals surface area contributed by atoms with E-state index in [0.717, 1.165) is 0 Å². The lowest BCUT2D eigenvalue weighted by atomic mass is 10.2. The van der Waals surface area contributed by atoms with Gasteiger partial charge in [0.1, 0.15) is 11.5 Å². The number of nitrogens with zero attached hydrogens (tertiary/aromatic N) is 1. The molecule has 0 spiro atoms. The van der Waals surface area contributed by atoms with Crippen LogP contribution in [0, 0.1) is 0 Å². The SMILES string of the molecule is O=C(O)COc1ccc(/C=N\NC(=O)c2cc(Br)c(O)c(Br)c2)cc1Cl. The first kappa shape index (κ1) is 20.2. The normalized spacial score (nSPS) is 10.7. The van der Waals surface area contributed by atoms with Crippen molar-refractivity contribution in [2.45, 2.75) is 0 Å². The third kappa shape index (κ3) is 5.45. The number of hydrazone groups is 1. The van der Waals surface area contributed by atoms with Crippen LogP contribution < -0.4 is 10.2 Å². The molecule has 136 valence electrons. The number of nitrogens with one attached hydrogen (secondary N) is 1. The van der Waals surface area contributed by atoms with Crippen LogP contribution in [-0.2, 0) is 4.79 Å². The van der Waals surface area contributed by atoms with Gasteiger partial charge in [0.05, 0.1) is 20.2 Å². The van der Waals surface area contributed by atoms with Crippen LogP contribution in [0.4, 0.5) is 0 Å². The Bertz CT molecular complexity index is 866. The molecule has 3 N–H and O–H groups in total. The number of carboxylic acid groups (broad SMARTS) is 1. The largest absolute Gasteiger partial charge is 0.506 e. The van der Waals surface area contributed by atoms with E-state index in [2.05, 4.69) is 42.4 Å². The fraction of sp³-hybridized carbons (Fsp3) is 0.0625. The van der Waals surface area contributed by atoms with Crippen molar-refractivity contribution in [2.75, 3.05) is 6.61 Å². The highest BCUT2D eigenvalue weighted by Crippen LogP contribution is 2.33. The summed E-state index contributed by atoms with van der Waals surface area (Å²) in [5, 5.41) is 22.3. The van der Waals surface area contributed by atoms with E-state index in [-0.39, 0.29) is 22.1 Å². The van der Waals surface area contributed by atoms with Crippen LogP contribution in [-0.4, -0.2) is 34.9 Å². The van der Waals surface area contributed by atoms with Crippen LogP contribution in [0.2, 0.25) is 5.02 Å². The molecule has 0 unspecified atom stereocenters. The molecule has 0 aliphatic rings. The maximum absolute atomic E-state index is 12.1. The van der Waals surface area contributed by atoms with Crippen molar-refractivity contribution >= 4 is 61.6 Å². The Morgan fingerprint density at radius 3 is 2.46 bits per heavy atom. The number of phenols is 1. The second-order valence-electron chi connectivity index (χ2n) is 4.86. The molecule has 0 aromatic heterocycles. The fourth-order valence-electron chi connectivity index (χ4n) is 1.78. The number of amides is 1. The van der Waals surface area contributed by atoms with Crippen molar-refractivity contribution in [3.63, 3.8) is 0 Å². The van der Waals surface area contributed by atoms with Gasteiger partial charge in [0.15, 0.2) is 6.61 Å². The second kappa shape index (κ2) is 9.02. The fourth-order valence-corrected chi connectivity index (χ4v) is 3.21. The number of carbonyl (C=O) groups excluding carboxylic acids is 1. The van der Waals surface area contributed by atoms with Gasteiger partial charge < -0.3 is 14.9 Å². The van der Waals surface area contributed by atoms with Crippen molar-refractivity contribution in [1.29, 1.82) is 0 Å². The molecular weight excluding hydrogens is 495 g/mol. The number of halogens is 3. The monoisotopic (exact) mass is 504 g/mol. The molecule has 0 heterocycles.